The van der Waals surface area contributed by atoms with Gasteiger partial charge in [0.1, 0.15) is 11.4 Å². The number of nitrogens with zero attached hydrogens (tertiary/aromatic N) is 3. The molecular weight excluding hydrogens is 210 g/mol. The number of rotatable bonds is 3. The molecule has 1 aromatic rings. The summed E-state index contributed by atoms with van der Waals surface area (Å²) in [4.78, 5) is 24.3. The van der Waals surface area contributed by atoms with Gasteiger partial charge >= 0.3 is 5.97 Å². The number of ether oxygens (including phenoxy) is 1. The Morgan fingerprint density at radius 2 is 2.50 bits per heavy atom. The predicted octanol–water partition coefficient (Wildman–Crippen LogP) is 0.533. The molecule has 0 aromatic carbocycles. The highest BCUT2D eigenvalue weighted by Gasteiger charge is 2.30. The average molecular weight is 221 g/mol. The molecule has 0 N–H and O–H groups in total. The van der Waals surface area contributed by atoms with Crippen molar-refractivity contribution < 1.29 is 14.4 Å². The predicted molar refractivity (Wildman–Crippen MR) is 54.7 cm³/mol. The van der Waals surface area contributed by atoms with Crippen LogP contribution in [0.4, 0.5) is 0 Å². The molecule has 6 heteroatoms. The van der Waals surface area contributed by atoms with Gasteiger partial charge in [0.05, 0.1) is 12.8 Å². The van der Waals surface area contributed by atoms with E-state index in [1.54, 1.807) is 25.5 Å². The van der Waals surface area contributed by atoms with Crippen molar-refractivity contribution in [3.63, 3.8) is 0 Å². The van der Waals surface area contributed by atoms with E-state index in [1.807, 2.05) is 0 Å². The minimum atomic E-state index is -0.656. The normalized spacial score (nSPS) is 18.8. The van der Waals surface area contributed by atoms with E-state index >= 15 is 0 Å². The summed E-state index contributed by atoms with van der Waals surface area (Å²) in [6.45, 7) is 2.08. The van der Waals surface area contributed by atoms with Crippen molar-refractivity contribution in [3.8, 4) is 0 Å². The monoisotopic (exact) mass is 221 g/mol. The minimum Gasteiger partial charge on any atom is -0.463 e. The number of aromatic nitrogens is 2. The molecule has 1 unspecified atom stereocenters. The first-order valence-electron chi connectivity index (χ1n) is 4.97. The van der Waals surface area contributed by atoms with E-state index < -0.39 is 12.1 Å². The van der Waals surface area contributed by atoms with Crippen molar-refractivity contribution in [1.29, 1.82) is 0 Å². The lowest BCUT2D eigenvalue weighted by molar-refractivity contribution is -0.154. The van der Waals surface area contributed by atoms with Gasteiger partial charge in [0, 0.05) is 18.8 Å². The van der Waals surface area contributed by atoms with Gasteiger partial charge in [-0.3, -0.25) is 9.97 Å². The third-order valence-corrected chi connectivity index (χ3v) is 2.08. The fraction of sp³-hybridized carbons (Fsp3) is 0.400. The van der Waals surface area contributed by atoms with Gasteiger partial charge in [0.15, 0.2) is 0 Å². The Kier molecular flexibility index (Phi) is 3.09. The van der Waals surface area contributed by atoms with Gasteiger partial charge in [-0.05, 0) is 6.92 Å². The maximum atomic E-state index is 11.4. The lowest BCUT2D eigenvalue weighted by atomic mass is 10.1. The van der Waals surface area contributed by atoms with Crippen LogP contribution in [0.3, 0.4) is 0 Å². The first-order chi connectivity index (χ1) is 7.81. The fourth-order valence-electron chi connectivity index (χ4n) is 1.34. The Balaban J connectivity index is 2.00. The molecule has 84 valence electrons. The van der Waals surface area contributed by atoms with Crippen molar-refractivity contribution in [3.05, 3.63) is 24.3 Å². The van der Waals surface area contributed by atoms with Gasteiger partial charge in [0.25, 0.3) is 0 Å². The standard InChI is InChI=1S/C10H11N3O3/c1-2-15-10(14)9-5-7(13-16-9)8-6-11-3-4-12-8/h3-4,6,9H,2,5H2,1H3. The van der Waals surface area contributed by atoms with Crippen LogP contribution in [-0.2, 0) is 14.4 Å². The SMILES string of the molecule is CCOC(=O)C1CC(c2cnccn2)=NO1. The van der Waals surface area contributed by atoms with Crippen molar-refractivity contribution in [1.82, 2.24) is 9.97 Å². The molecule has 1 atom stereocenters. The molecule has 0 spiro atoms. The molecule has 1 aliphatic heterocycles. The Bertz CT molecular complexity index is 405. The maximum absolute atomic E-state index is 11.4. The van der Waals surface area contributed by atoms with Crippen molar-refractivity contribution in [2.75, 3.05) is 6.61 Å². The Labute approximate surface area is 92.3 Å². The van der Waals surface area contributed by atoms with Crippen LogP contribution in [0.15, 0.2) is 23.7 Å². The smallest absolute Gasteiger partial charge is 0.350 e. The zero-order valence-corrected chi connectivity index (χ0v) is 8.79. The van der Waals surface area contributed by atoms with Gasteiger partial charge < -0.3 is 9.57 Å². The van der Waals surface area contributed by atoms with E-state index in [2.05, 4.69) is 15.1 Å². The van der Waals surface area contributed by atoms with Gasteiger partial charge in [-0.2, -0.15) is 0 Å². The van der Waals surface area contributed by atoms with Gasteiger partial charge in [0.2, 0.25) is 6.10 Å². The van der Waals surface area contributed by atoms with Gasteiger partial charge in [-0.15, -0.1) is 0 Å². The van der Waals surface area contributed by atoms with E-state index in [0.717, 1.165) is 0 Å². The topological polar surface area (TPSA) is 73.7 Å². The van der Waals surface area contributed by atoms with Gasteiger partial charge in [-0.1, -0.05) is 5.16 Å². The summed E-state index contributed by atoms with van der Waals surface area (Å²) in [7, 11) is 0. The number of carbonyl (C=O) groups is 1. The molecule has 0 saturated heterocycles. The summed E-state index contributed by atoms with van der Waals surface area (Å²) in [5.74, 6) is -0.398. The van der Waals surface area contributed by atoms with Crippen LogP contribution in [0.25, 0.3) is 0 Å². The molecule has 2 rings (SSSR count). The number of hydrogen-bond donors (Lipinski definition) is 0. The molecule has 0 fully saturated rings. The third kappa shape index (κ3) is 2.16. The number of carbonyl (C=O) groups excluding carboxylic acids is 1. The van der Waals surface area contributed by atoms with Crippen LogP contribution >= 0.6 is 0 Å². The molecule has 0 radical (unpaired) electrons. The highest BCUT2D eigenvalue weighted by molar-refractivity contribution is 6.01. The molecule has 1 aromatic heterocycles. The zero-order chi connectivity index (χ0) is 11.4. The molecule has 0 saturated carbocycles. The fourth-order valence-corrected chi connectivity index (χ4v) is 1.34. The van der Waals surface area contributed by atoms with Crippen LogP contribution in [0.1, 0.15) is 19.0 Å². The molecule has 16 heavy (non-hydrogen) atoms. The van der Waals surface area contributed by atoms with E-state index in [4.69, 9.17) is 9.57 Å². The zero-order valence-electron chi connectivity index (χ0n) is 8.79. The van der Waals surface area contributed by atoms with E-state index in [0.29, 0.717) is 24.4 Å². The largest absolute Gasteiger partial charge is 0.463 e. The first-order valence-corrected chi connectivity index (χ1v) is 4.97. The van der Waals surface area contributed by atoms with Crippen LogP contribution in [0.5, 0.6) is 0 Å². The lowest BCUT2D eigenvalue weighted by Gasteiger charge is -2.05. The number of hydrogen-bond acceptors (Lipinski definition) is 6. The van der Waals surface area contributed by atoms with Crippen LogP contribution in [0, 0.1) is 0 Å². The molecule has 6 nitrogen and oxygen atoms in total. The Morgan fingerprint density at radius 3 is 3.19 bits per heavy atom. The van der Waals surface area contributed by atoms with E-state index in [-0.39, 0.29) is 0 Å². The second-order valence-electron chi connectivity index (χ2n) is 3.18. The third-order valence-electron chi connectivity index (χ3n) is 2.08. The summed E-state index contributed by atoms with van der Waals surface area (Å²) in [6, 6.07) is 0. The molecular formula is C10H11N3O3. The number of esters is 1. The summed E-state index contributed by atoms with van der Waals surface area (Å²) >= 11 is 0. The molecule has 2 heterocycles. The van der Waals surface area contributed by atoms with Crippen LogP contribution in [0.2, 0.25) is 0 Å². The second-order valence-corrected chi connectivity index (χ2v) is 3.18. The summed E-state index contributed by atoms with van der Waals surface area (Å²) in [5.41, 5.74) is 1.24. The Morgan fingerprint density at radius 1 is 1.62 bits per heavy atom. The molecule has 0 amide bonds. The lowest BCUT2D eigenvalue weighted by Crippen LogP contribution is -2.23. The minimum absolute atomic E-state index is 0.333. The average Bonchev–Trinajstić information content (AvgIpc) is 2.80. The maximum Gasteiger partial charge on any atom is 0.350 e. The highest BCUT2D eigenvalue weighted by atomic mass is 16.7. The highest BCUT2D eigenvalue weighted by Crippen LogP contribution is 2.15. The Hall–Kier alpha value is -1.98. The molecule has 0 bridgehead atoms. The quantitative estimate of drug-likeness (QED) is 0.696. The van der Waals surface area contributed by atoms with Crippen LogP contribution < -0.4 is 0 Å². The molecule has 0 aliphatic carbocycles. The van der Waals surface area contributed by atoms with Crippen molar-refractivity contribution in [2.24, 2.45) is 5.16 Å². The van der Waals surface area contributed by atoms with Crippen LogP contribution in [-0.4, -0.2) is 34.4 Å². The van der Waals surface area contributed by atoms with Crippen molar-refractivity contribution in [2.45, 2.75) is 19.4 Å². The molecule has 1 aliphatic rings. The second kappa shape index (κ2) is 4.69. The first kappa shape index (κ1) is 10.5. The number of oxime groups is 1. The van der Waals surface area contributed by atoms with Gasteiger partial charge in [-0.25, -0.2) is 4.79 Å². The van der Waals surface area contributed by atoms with E-state index in [1.165, 1.54) is 0 Å². The summed E-state index contributed by atoms with van der Waals surface area (Å²) < 4.78 is 4.84. The van der Waals surface area contributed by atoms with E-state index in [9.17, 15) is 4.79 Å². The van der Waals surface area contributed by atoms with Crippen molar-refractivity contribution >= 4 is 11.7 Å². The summed E-state index contributed by atoms with van der Waals surface area (Å²) in [5, 5.41) is 3.80. The summed E-state index contributed by atoms with van der Waals surface area (Å²) in [6.07, 6.45) is 4.43.